The molecule has 20 heavy (non-hydrogen) atoms. The Hall–Kier alpha value is -1.51. The number of anilines is 1. The lowest BCUT2D eigenvalue weighted by molar-refractivity contribution is 0.188. The molecule has 2 N–H and O–H groups in total. The Bertz CT molecular complexity index is 585. The maximum Gasteiger partial charge on any atom is 0.0651 e. The van der Waals surface area contributed by atoms with Crippen LogP contribution in [-0.4, -0.2) is 16.2 Å². The molecule has 4 rings (SSSR count). The fourth-order valence-electron chi connectivity index (χ4n) is 4.27. The summed E-state index contributed by atoms with van der Waals surface area (Å²) in [5.74, 6) is 0. The van der Waals surface area contributed by atoms with E-state index in [1.807, 2.05) is 6.20 Å². The maximum absolute atomic E-state index is 4.08. The molecule has 2 aliphatic carbocycles. The van der Waals surface area contributed by atoms with Gasteiger partial charge < -0.3 is 5.32 Å². The van der Waals surface area contributed by atoms with Crippen LogP contribution in [0.3, 0.4) is 0 Å². The van der Waals surface area contributed by atoms with Gasteiger partial charge in [-0.3, -0.25) is 5.10 Å². The predicted octanol–water partition coefficient (Wildman–Crippen LogP) is 4.48. The van der Waals surface area contributed by atoms with Gasteiger partial charge in [0, 0.05) is 17.1 Å². The van der Waals surface area contributed by atoms with Crippen LogP contribution in [0.15, 0.2) is 24.4 Å². The Morgan fingerprint density at radius 1 is 1.10 bits per heavy atom. The monoisotopic (exact) mass is 269 g/mol. The van der Waals surface area contributed by atoms with Crippen molar-refractivity contribution < 1.29 is 0 Å². The molecule has 0 bridgehead atoms. The van der Waals surface area contributed by atoms with Gasteiger partial charge in [0.2, 0.25) is 0 Å². The molecule has 0 saturated heterocycles. The van der Waals surface area contributed by atoms with Crippen molar-refractivity contribution in [3.63, 3.8) is 0 Å². The molecule has 2 fully saturated rings. The Morgan fingerprint density at radius 3 is 2.70 bits per heavy atom. The predicted molar refractivity (Wildman–Crippen MR) is 82.9 cm³/mol. The Kier molecular flexibility index (Phi) is 2.94. The summed E-state index contributed by atoms with van der Waals surface area (Å²) in [6.45, 7) is 0. The van der Waals surface area contributed by atoms with E-state index in [9.17, 15) is 0 Å². The number of nitrogens with zero attached hydrogens (tertiary/aromatic N) is 1. The average Bonchev–Trinajstić information content (AvgIpc) is 3.11. The number of nitrogens with one attached hydrogen (secondary N) is 2. The van der Waals surface area contributed by atoms with Crippen molar-refractivity contribution in [1.29, 1.82) is 0 Å². The van der Waals surface area contributed by atoms with Crippen molar-refractivity contribution in [2.24, 2.45) is 5.41 Å². The van der Waals surface area contributed by atoms with E-state index in [1.54, 1.807) is 0 Å². The number of hydrogen-bond acceptors (Lipinski definition) is 2. The number of fused-ring (bicyclic) bond motifs is 1. The minimum Gasteiger partial charge on any atom is -0.382 e. The van der Waals surface area contributed by atoms with Gasteiger partial charge >= 0.3 is 0 Å². The van der Waals surface area contributed by atoms with E-state index < -0.39 is 0 Å². The highest BCUT2D eigenvalue weighted by Crippen LogP contribution is 2.49. The molecule has 2 aliphatic rings. The largest absolute Gasteiger partial charge is 0.382 e. The second kappa shape index (κ2) is 4.80. The lowest BCUT2D eigenvalue weighted by atomic mass is 9.71. The van der Waals surface area contributed by atoms with E-state index in [0.717, 1.165) is 10.9 Å². The van der Waals surface area contributed by atoms with E-state index in [4.69, 9.17) is 0 Å². The van der Waals surface area contributed by atoms with Gasteiger partial charge in [-0.25, -0.2) is 0 Å². The molecule has 106 valence electrons. The minimum absolute atomic E-state index is 0.658. The van der Waals surface area contributed by atoms with Crippen LogP contribution in [0.4, 0.5) is 5.69 Å². The van der Waals surface area contributed by atoms with Crippen LogP contribution in [0.5, 0.6) is 0 Å². The summed E-state index contributed by atoms with van der Waals surface area (Å²) in [4.78, 5) is 0. The van der Waals surface area contributed by atoms with Crippen molar-refractivity contribution >= 4 is 16.6 Å². The molecule has 0 radical (unpaired) electrons. The Morgan fingerprint density at radius 2 is 1.90 bits per heavy atom. The van der Waals surface area contributed by atoms with E-state index in [-0.39, 0.29) is 0 Å². The molecule has 0 unspecified atom stereocenters. The molecule has 1 aromatic heterocycles. The maximum atomic E-state index is 4.08. The van der Waals surface area contributed by atoms with Crippen molar-refractivity contribution in [3.8, 4) is 0 Å². The van der Waals surface area contributed by atoms with Crippen LogP contribution in [0.2, 0.25) is 0 Å². The van der Waals surface area contributed by atoms with Crippen molar-refractivity contribution in [2.75, 3.05) is 5.32 Å². The quantitative estimate of drug-likeness (QED) is 0.844. The first-order chi connectivity index (χ1) is 9.83. The summed E-state index contributed by atoms with van der Waals surface area (Å²) in [7, 11) is 0. The van der Waals surface area contributed by atoms with Crippen LogP contribution in [-0.2, 0) is 0 Å². The molecular weight excluding hydrogens is 246 g/mol. The van der Waals surface area contributed by atoms with Crippen LogP contribution >= 0.6 is 0 Å². The SMILES string of the molecule is c1cc2[nH]ncc2cc1NC1CCC2(CCCC2)CC1. The molecule has 3 nitrogen and oxygen atoms in total. The Balaban J connectivity index is 1.42. The molecule has 1 spiro atoms. The summed E-state index contributed by atoms with van der Waals surface area (Å²) >= 11 is 0. The first-order valence-electron chi connectivity index (χ1n) is 8.03. The highest BCUT2D eigenvalue weighted by molar-refractivity contribution is 5.81. The average molecular weight is 269 g/mol. The molecule has 1 aromatic carbocycles. The number of H-pyrrole nitrogens is 1. The van der Waals surface area contributed by atoms with Crippen molar-refractivity contribution in [3.05, 3.63) is 24.4 Å². The van der Waals surface area contributed by atoms with E-state index >= 15 is 0 Å². The highest BCUT2D eigenvalue weighted by atomic mass is 15.1. The first-order valence-corrected chi connectivity index (χ1v) is 8.03. The van der Waals surface area contributed by atoms with Crippen LogP contribution in [0.1, 0.15) is 51.4 Å². The van der Waals surface area contributed by atoms with E-state index in [0.29, 0.717) is 6.04 Å². The molecule has 0 amide bonds. The van der Waals surface area contributed by atoms with Gasteiger partial charge in [-0.05, 0) is 62.1 Å². The minimum atomic E-state index is 0.658. The molecule has 1 heterocycles. The standard InChI is InChI=1S/C17H23N3/c1-2-8-17(7-1)9-5-14(6-10-17)19-15-3-4-16-13(11-15)12-18-20-16/h3-4,11-12,14,19H,1-2,5-10H2,(H,18,20). The number of benzene rings is 1. The van der Waals surface area contributed by atoms with Gasteiger partial charge in [0.1, 0.15) is 0 Å². The highest BCUT2D eigenvalue weighted by Gasteiger charge is 2.37. The molecule has 0 aliphatic heterocycles. The fourth-order valence-corrected chi connectivity index (χ4v) is 4.27. The van der Waals surface area contributed by atoms with Crippen molar-refractivity contribution in [1.82, 2.24) is 10.2 Å². The zero-order valence-electron chi connectivity index (χ0n) is 12.0. The number of aromatic nitrogens is 2. The van der Waals surface area contributed by atoms with Gasteiger partial charge in [0.25, 0.3) is 0 Å². The van der Waals surface area contributed by atoms with Gasteiger partial charge in [0.15, 0.2) is 0 Å². The second-order valence-electron chi connectivity index (χ2n) is 6.80. The van der Waals surface area contributed by atoms with Crippen LogP contribution in [0.25, 0.3) is 10.9 Å². The summed E-state index contributed by atoms with van der Waals surface area (Å²) in [5.41, 5.74) is 3.09. The third kappa shape index (κ3) is 2.19. The lowest BCUT2D eigenvalue weighted by Gasteiger charge is -2.37. The zero-order valence-corrected chi connectivity index (χ0v) is 12.0. The summed E-state index contributed by atoms with van der Waals surface area (Å²) in [5, 5.41) is 12.0. The molecule has 3 heteroatoms. The van der Waals surface area contributed by atoms with Gasteiger partial charge in [-0.2, -0.15) is 5.10 Å². The van der Waals surface area contributed by atoms with E-state index in [2.05, 4.69) is 33.7 Å². The van der Waals surface area contributed by atoms with Crippen molar-refractivity contribution in [2.45, 2.75) is 57.4 Å². The summed E-state index contributed by atoms with van der Waals surface area (Å²) < 4.78 is 0. The molecule has 2 aromatic rings. The third-order valence-corrected chi connectivity index (χ3v) is 5.52. The lowest BCUT2D eigenvalue weighted by Crippen LogP contribution is -2.31. The van der Waals surface area contributed by atoms with Gasteiger partial charge in [0.05, 0.1) is 11.7 Å². The molecule has 2 saturated carbocycles. The third-order valence-electron chi connectivity index (χ3n) is 5.52. The van der Waals surface area contributed by atoms with E-state index in [1.165, 1.54) is 62.4 Å². The normalized spacial score (nSPS) is 22.6. The molecule has 0 atom stereocenters. The smallest absolute Gasteiger partial charge is 0.0651 e. The second-order valence-corrected chi connectivity index (χ2v) is 6.80. The van der Waals surface area contributed by atoms with Crippen LogP contribution in [0, 0.1) is 5.41 Å². The number of aromatic amines is 1. The molecular formula is C17H23N3. The first kappa shape index (κ1) is 12.2. The number of hydrogen-bond donors (Lipinski definition) is 2. The zero-order chi connectivity index (χ0) is 13.4. The van der Waals surface area contributed by atoms with Crippen LogP contribution < -0.4 is 5.32 Å². The summed E-state index contributed by atoms with van der Waals surface area (Å²) in [6, 6.07) is 7.15. The fraction of sp³-hybridized carbons (Fsp3) is 0.588. The summed E-state index contributed by atoms with van der Waals surface area (Å²) in [6.07, 6.45) is 13.3. The van der Waals surface area contributed by atoms with Gasteiger partial charge in [-0.15, -0.1) is 0 Å². The topological polar surface area (TPSA) is 40.7 Å². The Labute approximate surface area is 120 Å². The van der Waals surface area contributed by atoms with Gasteiger partial charge in [-0.1, -0.05) is 12.8 Å². The number of rotatable bonds is 2.